The molecule has 2 N–H and O–H groups in total. The number of likely N-dealkylation sites (tertiary alicyclic amines) is 1. The van der Waals surface area contributed by atoms with E-state index in [-0.39, 0.29) is 0 Å². The van der Waals surface area contributed by atoms with Crippen molar-refractivity contribution in [1.29, 1.82) is 0 Å². The lowest BCUT2D eigenvalue weighted by molar-refractivity contribution is -0.102. The van der Waals surface area contributed by atoms with Crippen LogP contribution in [-0.2, 0) is 0 Å². The van der Waals surface area contributed by atoms with Gasteiger partial charge in [-0.2, -0.15) is 0 Å². The Hall–Kier alpha value is -0.0800. The summed E-state index contributed by atoms with van der Waals surface area (Å²) in [7, 11) is 0. The summed E-state index contributed by atoms with van der Waals surface area (Å²) >= 11 is 0. The van der Waals surface area contributed by atoms with Crippen LogP contribution in [0.4, 0.5) is 0 Å². The van der Waals surface area contributed by atoms with Crippen LogP contribution < -0.4 is 5.73 Å². The molecule has 5 rings (SSSR count). The van der Waals surface area contributed by atoms with Crippen molar-refractivity contribution < 1.29 is 0 Å². The highest BCUT2D eigenvalue weighted by Gasteiger charge is 2.54. The van der Waals surface area contributed by atoms with Crippen LogP contribution in [-0.4, -0.2) is 30.1 Å². The van der Waals surface area contributed by atoms with E-state index in [2.05, 4.69) is 18.7 Å². The topological polar surface area (TPSA) is 29.3 Å². The van der Waals surface area contributed by atoms with E-state index < -0.39 is 0 Å². The van der Waals surface area contributed by atoms with Crippen LogP contribution in [0.3, 0.4) is 0 Å². The first-order chi connectivity index (χ1) is 9.56. The Balaban J connectivity index is 1.52. The average molecular weight is 276 g/mol. The molecule has 5 fully saturated rings. The van der Waals surface area contributed by atoms with E-state index in [0.717, 1.165) is 23.8 Å². The molecular weight excluding hydrogens is 244 g/mol. The van der Waals surface area contributed by atoms with Gasteiger partial charge in [-0.15, -0.1) is 0 Å². The molecule has 3 unspecified atom stereocenters. The fraction of sp³-hybridized carbons (Fsp3) is 1.00. The van der Waals surface area contributed by atoms with Crippen molar-refractivity contribution in [3.63, 3.8) is 0 Å². The van der Waals surface area contributed by atoms with Crippen molar-refractivity contribution in [3.05, 3.63) is 0 Å². The summed E-state index contributed by atoms with van der Waals surface area (Å²) in [5.74, 6) is 3.91. The molecule has 4 aliphatic carbocycles. The van der Waals surface area contributed by atoms with Crippen LogP contribution in [0, 0.1) is 29.1 Å². The molecule has 4 saturated carbocycles. The van der Waals surface area contributed by atoms with Gasteiger partial charge in [0.15, 0.2) is 0 Å². The van der Waals surface area contributed by atoms with Crippen molar-refractivity contribution in [2.24, 2.45) is 34.8 Å². The highest BCUT2D eigenvalue weighted by atomic mass is 15.2. The van der Waals surface area contributed by atoms with Crippen molar-refractivity contribution >= 4 is 0 Å². The van der Waals surface area contributed by atoms with Crippen molar-refractivity contribution in [2.45, 2.75) is 70.9 Å². The monoisotopic (exact) mass is 276 g/mol. The summed E-state index contributed by atoms with van der Waals surface area (Å²) in [4.78, 5) is 2.81. The molecule has 1 heterocycles. The molecule has 1 saturated heterocycles. The molecule has 0 aromatic heterocycles. The Morgan fingerprint density at radius 3 is 2.10 bits per heavy atom. The van der Waals surface area contributed by atoms with Gasteiger partial charge in [0.25, 0.3) is 0 Å². The van der Waals surface area contributed by atoms with Crippen LogP contribution in [0.15, 0.2) is 0 Å². The van der Waals surface area contributed by atoms with Gasteiger partial charge < -0.3 is 5.73 Å². The zero-order valence-corrected chi connectivity index (χ0v) is 13.4. The first-order valence-electron chi connectivity index (χ1n) is 9.05. The van der Waals surface area contributed by atoms with Gasteiger partial charge in [0.1, 0.15) is 0 Å². The van der Waals surface area contributed by atoms with E-state index in [9.17, 15) is 0 Å². The Bertz CT molecular complexity index is 342. The first-order valence-corrected chi connectivity index (χ1v) is 9.05. The Morgan fingerprint density at radius 1 is 1.05 bits per heavy atom. The van der Waals surface area contributed by atoms with Gasteiger partial charge in [-0.25, -0.2) is 0 Å². The van der Waals surface area contributed by atoms with Gasteiger partial charge in [0, 0.05) is 18.6 Å². The maximum atomic E-state index is 6.22. The van der Waals surface area contributed by atoms with Gasteiger partial charge in [0.05, 0.1) is 0 Å². The minimum Gasteiger partial charge on any atom is -0.327 e. The predicted molar refractivity (Wildman–Crippen MR) is 83.4 cm³/mol. The Morgan fingerprint density at radius 2 is 1.60 bits per heavy atom. The van der Waals surface area contributed by atoms with E-state index in [1.807, 2.05) is 0 Å². The summed E-state index contributed by atoms with van der Waals surface area (Å²) in [6, 6.07) is 1.24. The van der Waals surface area contributed by atoms with Crippen molar-refractivity contribution in [1.82, 2.24) is 4.90 Å². The number of hydrogen-bond acceptors (Lipinski definition) is 2. The number of nitrogens with zero attached hydrogens (tertiary/aromatic N) is 1. The van der Waals surface area contributed by atoms with Crippen LogP contribution in [0.25, 0.3) is 0 Å². The minimum absolute atomic E-state index is 0.440. The van der Waals surface area contributed by atoms with E-state index in [1.54, 1.807) is 19.3 Å². The van der Waals surface area contributed by atoms with Gasteiger partial charge in [0.2, 0.25) is 0 Å². The molecule has 0 spiro atoms. The molecule has 1 aliphatic heterocycles. The average Bonchev–Trinajstić information content (AvgIpc) is 2.39. The normalized spacial score (nSPS) is 53.2. The van der Waals surface area contributed by atoms with Crippen LogP contribution >= 0.6 is 0 Å². The highest BCUT2D eigenvalue weighted by molar-refractivity contribution is 5.06. The fourth-order valence-corrected chi connectivity index (χ4v) is 6.62. The SMILES string of the molecule is CC1CN(C(C)C23CC4CC(CC(C4)C2)C3)CCC1N. The molecule has 20 heavy (non-hydrogen) atoms. The smallest absolute Gasteiger partial charge is 0.0124 e. The number of hydrogen-bond donors (Lipinski definition) is 1. The molecule has 0 aromatic rings. The molecule has 2 heteroatoms. The van der Waals surface area contributed by atoms with Gasteiger partial charge in [-0.3, -0.25) is 4.90 Å². The van der Waals surface area contributed by atoms with E-state index in [0.29, 0.717) is 17.4 Å². The van der Waals surface area contributed by atoms with Gasteiger partial charge >= 0.3 is 0 Å². The maximum Gasteiger partial charge on any atom is 0.0124 e. The third-order valence-corrected chi connectivity index (χ3v) is 7.52. The summed E-state index contributed by atoms with van der Waals surface area (Å²) in [5, 5.41) is 0. The second-order valence-corrected chi connectivity index (χ2v) is 8.88. The summed E-state index contributed by atoms with van der Waals surface area (Å²) in [5.41, 5.74) is 6.90. The number of nitrogens with two attached hydrogens (primary N) is 1. The second-order valence-electron chi connectivity index (χ2n) is 8.88. The fourth-order valence-electron chi connectivity index (χ4n) is 6.62. The molecule has 4 bridgehead atoms. The number of rotatable bonds is 2. The molecule has 0 aromatic carbocycles. The lowest BCUT2D eigenvalue weighted by atomic mass is 9.47. The van der Waals surface area contributed by atoms with Crippen molar-refractivity contribution in [3.8, 4) is 0 Å². The van der Waals surface area contributed by atoms with Crippen LogP contribution in [0.1, 0.15) is 58.8 Å². The zero-order valence-electron chi connectivity index (χ0n) is 13.4. The summed E-state index contributed by atoms with van der Waals surface area (Å²) in [6.45, 7) is 7.39. The highest BCUT2D eigenvalue weighted by Crippen LogP contribution is 2.62. The molecule has 2 nitrogen and oxygen atoms in total. The minimum atomic E-state index is 0.440. The second kappa shape index (κ2) is 4.71. The largest absolute Gasteiger partial charge is 0.327 e. The van der Waals surface area contributed by atoms with E-state index in [1.165, 1.54) is 38.8 Å². The van der Waals surface area contributed by atoms with Crippen LogP contribution in [0.2, 0.25) is 0 Å². The third kappa shape index (κ3) is 2.06. The summed E-state index contributed by atoms with van der Waals surface area (Å²) in [6.07, 6.45) is 10.5. The number of piperidine rings is 1. The molecular formula is C18H32N2. The standard InChI is InChI=1S/C18H32N2/c1-12-11-20(4-3-17(12)19)13(2)18-8-14-5-15(9-18)7-16(6-14)10-18/h12-17H,3-11,19H2,1-2H3. The summed E-state index contributed by atoms with van der Waals surface area (Å²) < 4.78 is 0. The van der Waals surface area contributed by atoms with Crippen LogP contribution in [0.5, 0.6) is 0 Å². The third-order valence-electron chi connectivity index (χ3n) is 7.52. The Kier molecular flexibility index (Phi) is 3.20. The van der Waals surface area contributed by atoms with Crippen molar-refractivity contribution in [2.75, 3.05) is 13.1 Å². The van der Waals surface area contributed by atoms with Gasteiger partial charge in [-0.05, 0) is 87.5 Å². The lowest BCUT2D eigenvalue weighted by Gasteiger charge is -2.61. The van der Waals surface area contributed by atoms with E-state index in [4.69, 9.17) is 5.73 Å². The molecule has 0 radical (unpaired) electrons. The predicted octanol–water partition coefficient (Wildman–Crippen LogP) is 3.26. The maximum absolute atomic E-state index is 6.22. The Labute approximate surface area is 124 Å². The molecule has 0 amide bonds. The molecule has 5 aliphatic rings. The van der Waals surface area contributed by atoms with E-state index >= 15 is 0 Å². The quantitative estimate of drug-likeness (QED) is 0.839. The lowest BCUT2D eigenvalue weighted by Crippen LogP contribution is -2.59. The zero-order chi connectivity index (χ0) is 13.9. The van der Waals surface area contributed by atoms with Gasteiger partial charge in [-0.1, -0.05) is 6.92 Å². The molecule has 114 valence electrons. The molecule has 3 atom stereocenters. The first kappa shape index (κ1) is 13.6.